The molecule has 2 aromatic carbocycles. The highest BCUT2D eigenvalue weighted by atomic mass is 16.2. The fourth-order valence-corrected chi connectivity index (χ4v) is 3.49. The summed E-state index contributed by atoms with van der Waals surface area (Å²) in [5, 5.41) is 11.5. The van der Waals surface area contributed by atoms with Crippen LogP contribution in [0.3, 0.4) is 0 Å². The quantitative estimate of drug-likeness (QED) is 0.729. The van der Waals surface area contributed by atoms with Gasteiger partial charge in [0, 0.05) is 20.1 Å². The molecule has 1 aliphatic rings. The minimum absolute atomic E-state index is 0.0812. The Morgan fingerprint density at radius 2 is 1.55 bits per heavy atom. The van der Waals surface area contributed by atoms with Gasteiger partial charge in [-0.1, -0.05) is 60.7 Å². The molecule has 4 rings (SSSR count). The molecule has 29 heavy (non-hydrogen) atoms. The molecule has 1 fully saturated rings. The number of carbonyl (C=O) groups is 1. The van der Waals surface area contributed by atoms with Crippen molar-refractivity contribution < 1.29 is 4.79 Å². The summed E-state index contributed by atoms with van der Waals surface area (Å²) in [6.07, 6.45) is 0. The van der Waals surface area contributed by atoms with Crippen molar-refractivity contribution in [2.45, 2.75) is 19.0 Å². The highest BCUT2D eigenvalue weighted by Crippen LogP contribution is 2.24. The molecule has 2 heterocycles. The SMILES string of the molecule is Cc1ccc(N2CC(N(C)C(=O)NC(c3ccccc3)c3ccccc3)C2)nn1. The van der Waals surface area contributed by atoms with Gasteiger partial charge in [0.1, 0.15) is 0 Å². The average molecular weight is 387 g/mol. The summed E-state index contributed by atoms with van der Waals surface area (Å²) in [5.74, 6) is 0.854. The Hall–Kier alpha value is -3.41. The normalized spacial score (nSPS) is 13.8. The van der Waals surface area contributed by atoms with Crippen molar-refractivity contribution in [1.82, 2.24) is 20.4 Å². The largest absolute Gasteiger partial charge is 0.351 e. The van der Waals surface area contributed by atoms with Crippen LogP contribution < -0.4 is 10.2 Å². The second-order valence-electron chi connectivity index (χ2n) is 7.41. The minimum Gasteiger partial charge on any atom is -0.351 e. The summed E-state index contributed by atoms with van der Waals surface area (Å²) in [4.78, 5) is 16.9. The Morgan fingerprint density at radius 1 is 0.966 bits per heavy atom. The highest BCUT2D eigenvalue weighted by Gasteiger charge is 2.34. The van der Waals surface area contributed by atoms with E-state index in [1.807, 2.05) is 86.8 Å². The van der Waals surface area contributed by atoms with Crippen LogP contribution in [0.2, 0.25) is 0 Å². The fourth-order valence-electron chi connectivity index (χ4n) is 3.49. The van der Waals surface area contributed by atoms with Crippen molar-refractivity contribution in [3.05, 3.63) is 89.6 Å². The summed E-state index contributed by atoms with van der Waals surface area (Å²) in [6.45, 7) is 3.43. The Morgan fingerprint density at radius 3 is 2.07 bits per heavy atom. The van der Waals surface area contributed by atoms with E-state index in [2.05, 4.69) is 20.4 Å². The lowest BCUT2D eigenvalue weighted by Gasteiger charge is -2.44. The van der Waals surface area contributed by atoms with Gasteiger partial charge < -0.3 is 15.1 Å². The van der Waals surface area contributed by atoms with Crippen molar-refractivity contribution in [1.29, 1.82) is 0 Å². The van der Waals surface area contributed by atoms with Crippen molar-refractivity contribution in [3.8, 4) is 0 Å². The third-order valence-electron chi connectivity index (χ3n) is 5.37. The number of hydrogen-bond donors (Lipinski definition) is 1. The smallest absolute Gasteiger partial charge is 0.318 e. The zero-order chi connectivity index (χ0) is 20.2. The highest BCUT2D eigenvalue weighted by molar-refractivity contribution is 5.76. The lowest BCUT2D eigenvalue weighted by molar-refractivity contribution is 0.176. The minimum atomic E-state index is -0.188. The first-order valence-corrected chi connectivity index (χ1v) is 9.80. The third kappa shape index (κ3) is 4.21. The van der Waals surface area contributed by atoms with Gasteiger partial charge in [0.15, 0.2) is 5.82 Å². The van der Waals surface area contributed by atoms with E-state index in [1.165, 1.54) is 0 Å². The first-order chi connectivity index (χ1) is 14.1. The lowest BCUT2D eigenvalue weighted by atomic mass is 9.99. The predicted octanol–water partition coefficient (Wildman–Crippen LogP) is 3.40. The number of benzene rings is 2. The van der Waals surface area contributed by atoms with Gasteiger partial charge in [-0.3, -0.25) is 0 Å². The molecule has 1 aromatic heterocycles. The molecule has 2 amide bonds. The van der Waals surface area contributed by atoms with E-state index < -0.39 is 0 Å². The molecular weight excluding hydrogens is 362 g/mol. The summed E-state index contributed by atoms with van der Waals surface area (Å²) >= 11 is 0. The van der Waals surface area contributed by atoms with E-state index >= 15 is 0 Å². The molecule has 1 saturated heterocycles. The number of aryl methyl sites for hydroxylation is 1. The second kappa shape index (κ2) is 8.31. The van der Waals surface area contributed by atoms with Crippen LogP contribution in [0.25, 0.3) is 0 Å². The predicted molar refractivity (Wildman–Crippen MR) is 114 cm³/mol. The van der Waals surface area contributed by atoms with E-state index in [9.17, 15) is 4.79 Å². The van der Waals surface area contributed by atoms with E-state index in [1.54, 1.807) is 4.90 Å². The molecule has 1 N–H and O–H groups in total. The van der Waals surface area contributed by atoms with Gasteiger partial charge in [-0.25, -0.2) is 4.79 Å². The van der Waals surface area contributed by atoms with E-state index in [4.69, 9.17) is 0 Å². The van der Waals surface area contributed by atoms with E-state index in [-0.39, 0.29) is 18.1 Å². The van der Waals surface area contributed by atoms with Crippen LogP contribution >= 0.6 is 0 Å². The van der Waals surface area contributed by atoms with E-state index in [0.29, 0.717) is 0 Å². The van der Waals surface area contributed by atoms with Crippen molar-refractivity contribution in [2.75, 3.05) is 25.0 Å². The molecule has 6 nitrogen and oxygen atoms in total. The first-order valence-electron chi connectivity index (χ1n) is 9.80. The molecule has 0 unspecified atom stereocenters. The van der Waals surface area contributed by atoms with Gasteiger partial charge in [-0.05, 0) is 30.2 Å². The standard InChI is InChI=1S/C23H25N5O/c1-17-13-14-21(26-25-17)28-15-20(16-28)27(2)23(29)24-22(18-9-5-3-6-10-18)19-11-7-4-8-12-19/h3-14,20,22H,15-16H2,1-2H3,(H,24,29). The number of urea groups is 1. The number of aromatic nitrogens is 2. The average Bonchev–Trinajstić information content (AvgIpc) is 2.73. The Bertz CT molecular complexity index is 901. The van der Waals surface area contributed by atoms with Gasteiger partial charge in [0.25, 0.3) is 0 Å². The number of rotatable bonds is 5. The van der Waals surface area contributed by atoms with Crippen molar-refractivity contribution in [3.63, 3.8) is 0 Å². The Labute approximate surface area is 171 Å². The van der Waals surface area contributed by atoms with Gasteiger partial charge in [-0.2, -0.15) is 5.10 Å². The Kier molecular flexibility index (Phi) is 5.42. The molecule has 0 radical (unpaired) electrons. The summed E-state index contributed by atoms with van der Waals surface area (Å²) < 4.78 is 0. The van der Waals surface area contributed by atoms with Gasteiger partial charge >= 0.3 is 6.03 Å². The number of carbonyl (C=O) groups excluding carboxylic acids is 1. The number of hydrogen-bond acceptors (Lipinski definition) is 4. The first kappa shape index (κ1) is 18.9. The molecule has 148 valence electrons. The number of nitrogens with one attached hydrogen (secondary N) is 1. The van der Waals surface area contributed by atoms with Crippen LogP contribution in [0.4, 0.5) is 10.6 Å². The van der Waals surface area contributed by atoms with Crippen LogP contribution in [-0.4, -0.2) is 47.3 Å². The fraction of sp³-hybridized carbons (Fsp3) is 0.261. The summed E-state index contributed by atoms with van der Waals surface area (Å²) in [7, 11) is 1.85. The molecule has 6 heteroatoms. The summed E-state index contributed by atoms with van der Waals surface area (Å²) in [6, 6.07) is 23.9. The topological polar surface area (TPSA) is 61.4 Å². The second-order valence-corrected chi connectivity index (χ2v) is 7.41. The number of amides is 2. The maximum absolute atomic E-state index is 13.0. The molecule has 0 spiro atoms. The zero-order valence-electron chi connectivity index (χ0n) is 16.7. The van der Waals surface area contributed by atoms with Crippen molar-refractivity contribution >= 4 is 11.8 Å². The molecule has 0 atom stereocenters. The van der Waals surface area contributed by atoms with Crippen LogP contribution in [-0.2, 0) is 0 Å². The van der Waals surface area contributed by atoms with Gasteiger partial charge in [0.2, 0.25) is 0 Å². The monoisotopic (exact) mass is 387 g/mol. The molecule has 3 aromatic rings. The number of nitrogens with zero attached hydrogens (tertiary/aromatic N) is 4. The maximum atomic E-state index is 13.0. The maximum Gasteiger partial charge on any atom is 0.318 e. The molecule has 0 aliphatic carbocycles. The van der Waals surface area contributed by atoms with Crippen LogP contribution in [0.5, 0.6) is 0 Å². The van der Waals surface area contributed by atoms with Gasteiger partial charge in [0.05, 0.1) is 17.8 Å². The van der Waals surface area contributed by atoms with Crippen LogP contribution in [0.15, 0.2) is 72.8 Å². The van der Waals surface area contributed by atoms with Crippen molar-refractivity contribution in [2.24, 2.45) is 0 Å². The molecule has 0 bridgehead atoms. The Balaban J connectivity index is 1.42. The molecule has 0 saturated carbocycles. The third-order valence-corrected chi connectivity index (χ3v) is 5.37. The summed E-state index contributed by atoms with van der Waals surface area (Å²) in [5.41, 5.74) is 3.02. The van der Waals surface area contributed by atoms with Gasteiger partial charge in [-0.15, -0.1) is 5.10 Å². The lowest BCUT2D eigenvalue weighted by Crippen LogP contribution is -2.61. The molecule has 1 aliphatic heterocycles. The van der Waals surface area contributed by atoms with E-state index in [0.717, 1.165) is 35.7 Å². The van der Waals surface area contributed by atoms with Crippen LogP contribution in [0, 0.1) is 6.92 Å². The number of likely N-dealkylation sites (N-methyl/N-ethyl adjacent to an activating group) is 1. The number of anilines is 1. The molecular formula is C23H25N5O. The zero-order valence-corrected chi connectivity index (χ0v) is 16.7. The van der Waals surface area contributed by atoms with Crippen LogP contribution in [0.1, 0.15) is 22.9 Å².